The summed E-state index contributed by atoms with van der Waals surface area (Å²) in [6.45, 7) is 4.68. The van der Waals surface area contributed by atoms with E-state index < -0.39 is 0 Å². The first-order valence-electron chi connectivity index (χ1n) is 9.04. The molecule has 2 aromatic heterocycles. The van der Waals surface area contributed by atoms with Gasteiger partial charge in [-0.15, -0.1) is 16.8 Å². The molecule has 0 N–H and O–H groups in total. The molecule has 1 aromatic carbocycles. The van der Waals surface area contributed by atoms with E-state index in [-0.39, 0.29) is 18.1 Å². The maximum atomic E-state index is 12.9. The van der Waals surface area contributed by atoms with Crippen LogP contribution in [0.15, 0.2) is 72.7 Å². The zero-order valence-electron chi connectivity index (χ0n) is 15.8. The van der Waals surface area contributed by atoms with Crippen molar-refractivity contribution < 1.29 is 4.79 Å². The van der Waals surface area contributed by atoms with Crippen LogP contribution >= 0.6 is 11.8 Å². The van der Waals surface area contributed by atoms with E-state index in [0.29, 0.717) is 24.1 Å². The molecule has 0 aliphatic rings. The lowest BCUT2D eigenvalue weighted by molar-refractivity contribution is -0.116. The largest absolute Gasteiger partial charge is 0.311 e. The quantitative estimate of drug-likeness (QED) is 0.400. The highest BCUT2D eigenvalue weighted by molar-refractivity contribution is 7.99. The highest BCUT2D eigenvalue weighted by atomic mass is 32.2. The van der Waals surface area contributed by atoms with Gasteiger partial charge in [-0.3, -0.25) is 14.3 Å². The van der Waals surface area contributed by atoms with Crippen molar-refractivity contribution in [3.8, 4) is 17.5 Å². The molecule has 0 saturated carbocycles. The fourth-order valence-electron chi connectivity index (χ4n) is 2.78. The van der Waals surface area contributed by atoms with Gasteiger partial charge in [0.05, 0.1) is 18.2 Å². The number of rotatable bonds is 9. The van der Waals surface area contributed by atoms with Crippen molar-refractivity contribution >= 4 is 23.4 Å². The van der Waals surface area contributed by atoms with Crippen LogP contribution < -0.4 is 4.90 Å². The summed E-state index contributed by atoms with van der Waals surface area (Å²) in [5, 5.41) is 18.1. The number of nitriles is 1. The fourth-order valence-corrected chi connectivity index (χ4v) is 3.60. The maximum absolute atomic E-state index is 12.9. The number of benzene rings is 1. The third kappa shape index (κ3) is 5.09. The van der Waals surface area contributed by atoms with Crippen molar-refractivity contribution in [3.05, 3.63) is 67.5 Å². The number of allylic oxidation sites excluding steroid dienone is 1. The van der Waals surface area contributed by atoms with Crippen LogP contribution in [0.25, 0.3) is 11.4 Å². The SMILES string of the molecule is C=CCn1c(SCC(=O)N(CCC#N)c2ccccc2)nnc1-c1ccncc1. The smallest absolute Gasteiger partial charge is 0.237 e. The molecule has 1 amide bonds. The molecule has 0 saturated heterocycles. The predicted molar refractivity (Wildman–Crippen MR) is 113 cm³/mol. The van der Waals surface area contributed by atoms with Gasteiger partial charge in [0.1, 0.15) is 0 Å². The van der Waals surface area contributed by atoms with Gasteiger partial charge < -0.3 is 4.90 Å². The van der Waals surface area contributed by atoms with E-state index in [2.05, 4.69) is 27.8 Å². The van der Waals surface area contributed by atoms with Crippen LogP contribution in [0, 0.1) is 11.3 Å². The maximum Gasteiger partial charge on any atom is 0.237 e. The zero-order chi connectivity index (χ0) is 20.5. The lowest BCUT2D eigenvalue weighted by Gasteiger charge is -2.21. The Morgan fingerprint density at radius 1 is 1.21 bits per heavy atom. The van der Waals surface area contributed by atoms with E-state index in [1.165, 1.54) is 11.8 Å². The van der Waals surface area contributed by atoms with Crippen molar-refractivity contribution in [2.45, 2.75) is 18.1 Å². The molecule has 7 nitrogen and oxygen atoms in total. The normalized spacial score (nSPS) is 10.3. The molecule has 0 radical (unpaired) electrons. The third-order valence-electron chi connectivity index (χ3n) is 4.11. The van der Waals surface area contributed by atoms with E-state index >= 15 is 0 Å². The Morgan fingerprint density at radius 3 is 2.66 bits per heavy atom. The molecule has 0 fully saturated rings. The van der Waals surface area contributed by atoms with Crippen molar-refractivity contribution in [2.24, 2.45) is 0 Å². The molecule has 0 atom stereocenters. The molecule has 2 heterocycles. The van der Waals surface area contributed by atoms with E-state index in [1.54, 1.807) is 23.4 Å². The van der Waals surface area contributed by atoms with E-state index in [0.717, 1.165) is 11.3 Å². The average Bonchev–Trinajstić information content (AvgIpc) is 3.17. The first-order valence-corrected chi connectivity index (χ1v) is 10.0. The lowest BCUT2D eigenvalue weighted by Crippen LogP contribution is -2.33. The number of aromatic nitrogens is 4. The second-order valence-corrected chi connectivity index (χ2v) is 6.96. The molecule has 0 aliphatic heterocycles. The molecule has 29 heavy (non-hydrogen) atoms. The van der Waals surface area contributed by atoms with E-state index in [9.17, 15) is 4.79 Å². The monoisotopic (exact) mass is 404 g/mol. The summed E-state index contributed by atoms with van der Waals surface area (Å²) < 4.78 is 1.92. The lowest BCUT2D eigenvalue weighted by atomic mass is 10.2. The number of carbonyl (C=O) groups excluding carboxylic acids is 1. The highest BCUT2D eigenvalue weighted by Gasteiger charge is 2.19. The zero-order valence-corrected chi connectivity index (χ0v) is 16.6. The molecule has 3 rings (SSSR count). The molecule has 0 unspecified atom stereocenters. The van der Waals surface area contributed by atoms with Crippen molar-refractivity contribution in [1.82, 2.24) is 19.7 Å². The molecule has 0 spiro atoms. The standard InChI is InChI=1S/C21H20N6OS/c1-2-14-27-20(17-9-12-23-13-10-17)24-25-21(27)29-16-19(28)26(15-6-11-22)18-7-4-3-5-8-18/h2-5,7-10,12-13H,1,6,14-16H2. The summed E-state index contributed by atoms with van der Waals surface area (Å²) in [7, 11) is 0. The molecule has 3 aromatic rings. The minimum atomic E-state index is -0.0879. The number of hydrogen-bond donors (Lipinski definition) is 0. The Hall–Kier alpha value is -3.44. The Bertz CT molecular complexity index is 997. The number of hydrogen-bond acceptors (Lipinski definition) is 6. The van der Waals surface area contributed by atoms with Gasteiger partial charge in [0.15, 0.2) is 11.0 Å². The summed E-state index contributed by atoms with van der Waals surface area (Å²) in [5.74, 6) is 0.799. The van der Waals surface area contributed by atoms with Crippen LogP contribution in [0.5, 0.6) is 0 Å². The van der Waals surface area contributed by atoms with Gasteiger partial charge in [0.25, 0.3) is 0 Å². The van der Waals surface area contributed by atoms with Crippen LogP contribution in [-0.2, 0) is 11.3 Å². The molecule has 0 bridgehead atoms. The Balaban J connectivity index is 1.77. The van der Waals surface area contributed by atoms with Crippen LogP contribution in [0.1, 0.15) is 6.42 Å². The third-order valence-corrected chi connectivity index (χ3v) is 5.06. The van der Waals surface area contributed by atoms with Crippen molar-refractivity contribution in [3.63, 3.8) is 0 Å². The van der Waals surface area contributed by atoms with E-state index in [1.807, 2.05) is 47.0 Å². The van der Waals surface area contributed by atoms with Gasteiger partial charge in [-0.2, -0.15) is 5.26 Å². The summed E-state index contributed by atoms with van der Waals surface area (Å²) in [5.41, 5.74) is 1.67. The Kier molecular flexibility index (Phi) is 7.14. The molecule has 0 aliphatic carbocycles. The number of amides is 1. The minimum Gasteiger partial charge on any atom is -0.311 e. The molecule has 8 heteroatoms. The summed E-state index contributed by atoms with van der Waals surface area (Å²) in [4.78, 5) is 18.5. The van der Waals surface area contributed by atoms with Gasteiger partial charge in [0, 0.05) is 36.7 Å². The predicted octanol–water partition coefficient (Wildman–Crippen LogP) is 3.57. The Morgan fingerprint density at radius 2 is 1.97 bits per heavy atom. The number of nitrogens with zero attached hydrogens (tertiary/aromatic N) is 6. The number of pyridine rings is 1. The Labute approximate surface area is 173 Å². The molecular weight excluding hydrogens is 384 g/mol. The molecular formula is C21H20N6OS. The highest BCUT2D eigenvalue weighted by Crippen LogP contribution is 2.25. The van der Waals surface area contributed by atoms with Crippen molar-refractivity contribution in [1.29, 1.82) is 5.26 Å². The second kappa shape index (κ2) is 10.2. The van der Waals surface area contributed by atoms with Gasteiger partial charge >= 0.3 is 0 Å². The summed E-state index contributed by atoms with van der Waals surface area (Å²) >= 11 is 1.32. The first kappa shape index (κ1) is 20.3. The number of anilines is 1. The van der Waals surface area contributed by atoms with Crippen LogP contribution in [0.3, 0.4) is 0 Å². The molecule has 146 valence electrons. The van der Waals surface area contributed by atoms with Gasteiger partial charge in [-0.05, 0) is 24.3 Å². The van der Waals surface area contributed by atoms with E-state index in [4.69, 9.17) is 5.26 Å². The summed E-state index contributed by atoms with van der Waals surface area (Å²) in [6.07, 6.45) is 5.43. The number of thioether (sulfide) groups is 1. The van der Waals surface area contributed by atoms with Gasteiger partial charge in [-0.1, -0.05) is 36.0 Å². The topological polar surface area (TPSA) is 87.7 Å². The number of para-hydroxylation sites is 1. The minimum absolute atomic E-state index is 0.0879. The van der Waals surface area contributed by atoms with Crippen molar-refractivity contribution in [2.75, 3.05) is 17.2 Å². The number of carbonyl (C=O) groups is 1. The first-order chi connectivity index (χ1) is 14.2. The van der Waals surface area contributed by atoms with Gasteiger partial charge in [0.2, 0.25) is 5.91 Å². The second-order valence-electron chi connectivity index (χ2n) is 6.02. The average molecular weight is 404 g/mol. The van der Waals surface area contributed by atoms with Crippen LogP contribution in [-0.4, -0.2) is 38.0 Å². The van der Waals surface area contributed by atoms with Gasteiger partial charge in [-0.25, -0.2) is 0 Å². The summed E-state index contributed by atoms with van der Waals surface area (Å²) in [6, 6.07) is 15.2. The fraction of sp³-hybridized carbons (Fsp3) is 0.190. The van der Waals surface area contributed by atoms with Crippen LogP contribution in [0.4, 0.5) is 5.69 Å². The van der Waals surface area contributed by atoms with Crippen LogP contribution in [0.2, 0.25) is 0 Å².